The molecule has 0 radical (unpaired) electrons. The van der Waals surface area contributed by atoms with Gasteiger partial charge in [-0.25, -0.2) is 0 Å². The summed E-state index contributed by atoms with van der Waals surface area (Å²) < 4.78 is 10.8. The molecule has 0 aliphatic carbocycles. The Balaban J connectivity index is 1.13. The van der Waals surface area contributed by atoms with E-state index in [1.165, 1.54) is 5.56 Å². The third-order valence-corrected chi connectivity index (χ3v) is 6.89. The topological polar surface area (TPSA) is 71.7 Å². The van der Waals surface area contributed by atoms with E-state index >= 15 is 0 Å². The van der Waals surface area contributed by atoms with Gasteiger partial charge in [0, 0.05) is 43.9 Å². The van der Waals surface area contributed by atoms with Crippen LogP contribution in [-0.2, 0) is 17.8 Å². The van der Waals surface area contributed by atoms with E-state index < -0.39 is 0 Å². The molecule has 2 aromatic carbocycles. The van der Waals surface area contributed by atoms with Crippen LogP contribution in [0.15, 0.2) is 70.6 Å². The van der Waals surface area contributed by atoms with Gasteiger partial charge in [0.2, 0.25) is 11.7 Å². The second kappa shape index (κ2) is 10.2. The van der Waals surface area contributed by atoms with Crippen LogP contribution in [0.5, 0.6) is 5.75 Å². The summed E-state index contributed by atoms with van der Waals surface area (Å²) in [6.45, 7) is 4.03. The number of aromatic nitrogens is 2. The van der Waals surface area contributed by atoms with Gasteiger partial charge in [0.25, 0.3) is 5.89 Å². The minimum Gasteiger partial charge on any atom is -0.496 e. The van der Waals surface area contributed by atoms with Crippen LogP contribution in [0.3, 0.4) is 0 Å². The molecule has 1 amide bonds. The van der Waals surface area contributed by atoms with Gasteiger partial charge in [-0.3, -0.25) is 9.69 Å². The molecule has 5 rings (SSSR count). The van der Waals surface area contributed by atoms with Crippen molar-refractivity contribution in [2.45, 2.75) is 13.0 Å². The van der Waals surface area contributed by atoms with Crippen molar-refractivity contribution in [1.29, 1.82) is 0 Å². The third kappa shape index (κ3) is 5.03. The summed E-state index contributed by atoms with van der Waals surface area (Å²) in [7, 11) is 1.64. The Hall–Kier alpha value is -3.49. The van der Waals surface area contributed by atoms with Crippen LogP contribution >= 0.6 is 11.3 Å². The van der Waals surface area contributed by atoms with Crippen LogP contribution in [0.25, 0.3) is 22.2 Å². The summed E-state index contributed by atoms with van der Waals surface area (Å²) in [6, 6.07) is 19.9. The number of methoxy groups -OCH3 is 1. The number of carbonyl (C=O) groups excluding carboxylic acids is 1. The number of hydrogen-bond acceptors (Lipinski definition) is 7. The van der Waals surface area contributed by atoms with Crippen LogP contribution in [0.2, 0.25) is 0 Å². The fourth-order valence-corrected chi connectivity index (χ4v) is 4.78. The molecule has 1 aliphatic rings. The molecule has 0 N–H and O–H groups in total. The molecule has 4 aromatic rings. The van der Waals surface area contributed by atoms with Crippen LogP contribution in [0.1, 0.15) is 11.1 Å². The first-order valence-electron chi connectivity index (χ1n) is 11.3. The zero-order chi connectivity index (χ0) is 23.3. The van der Waals surface area contributed by atoms with Crippen molar-refractivity contribution in [1.82, 2.24) is 19.9 Å². The maximum atomic E-state index is 12.8. The molecule has 7 nitrogen and oxygen atoms in total. The van der Waals surface area contributed by atoms with Crippen LogP contribution in [-0.4, -0.2) is 59.1 Å². The number of hydrogen-bond donors (Lipinski definition) is 0. The number of nitrogens with zero attached hydrogens (tertiary/aromatic N) is 4. The first kappa shape index (κ1) is 22.3. The Morgan fingerprint density at radius 2 is 1.82 bits per heavy atom. The van der Waals surface area contributed by atoms with Gasteiger partial charge in [-0.05, 0) is 23.1 Å². The van der Waals surface area contributed by atoms with Crippen molar-refractivity contribution < 1.29 is 14.1 Å². The highest BCUT2D eigenvalue weighted by atomic mass is 32.1. The molecule has 1 fully saturated rings. The number of rotatable bonds is 7. The number of benzene rings is 2. The largest absolute Gasteiger partial charge is 0.496 e. The lowest BCUT2D eigenvalue weighted by molar-refractivity contribution is -0.132. The first-order chi connectivity index (χ1) is 16.7. The predicted molar refractivity (Wildman–Crippen MR) is 132 cm³/mol. The average Bonchev–Trinajstić information content (AvgIpc) is 3.58. The maximum Gasteiger partial charge on any atom is 0.268 e. The lowest BCUT2D eigenvalue weighted by Gasteiger charge is -2.35. The molecule has 2 aromatic heterocycles. The van der Waals surface area contributed by atoms with E-state index in [9.17, 15) is 4.79 Å². The monoisotopic (exact) mass is 474 g/mol. The van der Waals surface area contributed by atoms with E-state index in [0.29, 0.717) is 18.1 Å². The maximum absolute atomic E-state index is 12.8. The van der Waals surface area contributed by atoms with Crippen molar-refractivity contribution >= 4 is 17.2 Å². The van der Waals surface area contributed by atoms with Crippen molar-refractivity contribution in [2.24, 2.45) is 0 Å². The number of thiophene rings is 1. The van der Waals surface area contributed by atoms with Crippen molar-refractivity contribution in [2.75, 3.05) is 33.3 Å². The van der Waals surface area contributed by atoms with Crippen LogP contribution in [0, 0.1) is 0 Å². The Labute approximate surface area is 202 Å². The standard InChI is InChI=1S/C26H26N4O3S/c1-32-22-6-3-2-5-21(22)17-24(31)30-14-12-29(13-15-30)18-19-8-10-20(11-9-19)25-27-26(33-28-25)23-7-4-16-34-23/h2-11,16H,12-15,17-18H2,1H3. The number of para-hydroxylation sites is 1. The Morgan fingerprint density at radius 3 is 2.56 bits per heavy atom. The number of piperazine rings is 1. The molecule has 1 aliphatic heterocycles. The van der Waals surface area contributed by atoms with Gasteiger partial charge in [-0.15, -0.1) is 11.3 Å². The van der Waals surface area contributed by atoms with Gasteiger partial charge in [-0.2, -0.15) is 4.98 Å². The molecule has 0 bridgehead atoms. The minimum absolute atomic E-state index is 0.149. The fourth-order valence-electron chi connectivity index (χ4n) is 4.14. The van der Waals surface area contributed by atoms with E-state index in [1.807, 2.05) is 58.8 Å². The summed E-state index contributed by atoms with van der Waals surface area (Å²) in [4.78, 5) is 22.6. The Bertz CT molecular complexity index is 1230. The average molecular weight is 475 g/mol. The summed E-state index contributed by atoms with van der Waals surface area (Å²) in [5.41, 5.74) is 3.09. The van der Waals surface area contributed by atoms with Crippen molar-refractivity contribution in [3.63, 3.8) is 0 Å². The second-order valence-electron chi connectivity index (χ2n) is 8.24. The number of carbonyl (C=O) groups is 1. The molecule has 8 heteroatoms. The predicted octanol–water partition coefficient (Wildman–Crippen LogP) is 4.36. The molecule has 174 valence electrons. The van der Waals surface area contributed by atoms with E-state index in [4.69, 9.17) is 9.26 Å². The lowest BCUT2D eigenvalue weighted by Crippen LogP contribution is -2.48. The summed E-state index contributed by atoms with van der Waals surface area (Å²) >= 11 is 1.58. The molecule has 0 atom stereocenters. The van der Waals surface area contributed by atoms with Gasteiger partial charge in [0.15, 0.2) is 0 Å². The zero-order valence-corrected chi connectivity index (χ0v) is 19.8. The highest BCUT2D eigenvalue weighted by molar-refractivity contribution is 7.13. The summed E-state index contributed by atoms with van der Waals surface area (Å²) in [6.07, 6.45) is 0.371. The quantitative estimate of drug-likeness (QED) is 0.396. The fraction of sp³-hybridized carbons (Fsp3) is 0.269. The smallest absolute Gasteiger partial charge is 0.268 e. The third-order valence-electron chi connectivity index (χ3n) is 6.04. The molecule has 34 heavy (non-hydrogen) atoms. The van der Waals surface area contributed by atoms with Crippen molar-refractivity contribution in [3.05, 3.63) is 77.2 Å². The Morgan fingerprint density at radius 1 is 1.03 bits per heavy atom. The second-order valence-corrected chi connectivity index (χ2v) is 9.19. The zero-order valence-electron chi connectivity index (χ0n) is 19.0. The van der Waals surface area contributed by atoms with Gasteiger partial charge in [0.05, 0.1) is 18.4 Å². The number of amides is 1. The molecule has 1 saturated heterocycles. The number of ether oxygens (including phenoxy) is 1. The van der Waals surface area contributed by atoms with Crippen molar-refractivity contribution in [3.8, 4) is 27.9 Å². The van der Waals surface area contributed by atoms with Gasteiger partial charge in [-0.1, -0.05) is 53.7 Å². The SMILES string of the molecule is COc1ccccc1CC(=O)N1CCN(Cc2ccc(-c3noc(-c4cccs4)n3)cc2)CC1. The lowest BCUT2D eigenvalue weighted by atomic mass is 10.1. The summed E-state index contributed by atoms with van der Waals surface area (Å²) in [5.74, 6) is 2.06. The van der Waals surface area contributed by atoms with Gasteiger partial charge < -0.3 is 14.2 Å². The summed E-state index contributed by atoms with van der Waals surface area (Å²) in [5, 5.41) is 6.11. The molecule has 0 spiro atoms. The van der Waals surface area contributed by atoms with E-state index in [0.717, 1.165) is 54.5 Å². The molecule has 0 saturated carbocycles. The molecular weight excluding hydrogens is 448 g/mol. The van der Waals surface area contributed by atoms with Gasteiger partial charge >= 0.3 is 0 Å². The first-order valence-corrected chi connectivity index (χ1v) is 12.2. The minimum atomic E-state index is 0.149. The van der Waals surface area contributed by atoms with Gasteiger partial charge in [0.1, 0.15) is 5.75 Å². The van der Waals surface area contributed by atoms with Crippen LogP contribution < -0.4 is 4.74 Å². The highest BCUT2D eigenvalue weighted by Crippen LogP contribution is 2.26. The van der Waals surface area contributed by atoms with E-state index in [1.54, 1.807) is 18.4 Å². The Kier molecular flexibility index (Phi) is 6.69. The molecule has 0 unspecified atom stereocenters. The van der Waals surface area contributed by atoms with E-state index in [-0.39, 0.29) is 5.91 Å². The normalized spacial score (nSPS) is 14.3. The van der Waals surface area contributed by atoms with Crippen LogP contribution in [0.4, 0.5) is 0 Å². The van der Waals surface area contributed by atoms with E-state index in [2.05, 4.69) is 27.2 Å². The molecular formula is C26H26N4O3S. The highest BCUT2D eigenvalue weighted by Gasteiger charge is 2.22. The molecule has 3 heterocycles.